The molecule has 6 nitrogen and oxygen atoms in total. The number of nitrogens with zero attached hydrogens (tertiary/aromatic N) is 3. The van der Waals surface area contributed by atoms with Gasteiger partial charge in [0.15, 0.2) is 0 Å². The van der Waals surface area contributed by atoms with E-state index in [2.05, 4.69) is 15.3 Å². The molecule has 0 atom stereocenters. The van der Waals surface area contributed by atoms with Gasteiger partial charge in [-0.1, -0.05) is 0 Å². The molecular formula is C14H12N4O2. The van der Waals surface area contributed by atoms with E-state index in [4.69, 9.17) is 10.00 Å². The van der Waals surface area contributed by atoms with Gasteiger partial charge in [0.1, 0.15) is 0 Å². The molecule has 1 aromatic heterocycles. The van der Waals surface area contributed by atoms with E-state index in [9.17, 15) is 4.79 Å². The number of carbonyl (C=O) groups excluding carboxylic acids is 1. The van der Waals surface area contributed by atoms with Gasteiger partial charge in [0.25, 0.3) is 5.91 Å². The van der Waals surface area contributed by atoms with Crippen molar-refractivity contribution in [2.45, 2.75) is 6.92 Å². The Morgan fingerprint density at radius 1 is 1.30 bits per heavy atom. The van der Waals surface area contributed by atoms with E-state index in [-0.39, 0.29) is 11.9 Å². The number of anilines is 1. The smallest absolute Gasteiger partial charge is 0.316 e. The van der Waals surface area contributed by atoms with Crippen molar-refractivity contribution in [3.05, 3.63) is 47.8 Å². The topological polar surface area (TPSA) is 87.9 Å². The molecular weight excluding hydrogens is 256 g/mol. The third-order valence-corrected chi connectivity index (χ3v) is 2.44. The fourth-order valence-corrected chi connectivity index (χ4v) is 1.48. The first-order valence-electron chi connectivity index (χ1n) is 5.99. The Morgan fingerprint density at radius 2 is 1.95 bits per heavy atom. The zero-order chi connectivity index (χ0) is 14.4. The average molecular weight is 268 g/mol. The quantitative estimate of drug-likeness (QED) is 0.916. The average Bonchev–Trinajstić information content (AvgIpc) is 2.49. The zero-order valence-corrected chi connectivity index (χ0v) is 10.8. The highest BCUT2D eigenvalue weighted by Gasteiger charge is 2.07. The lowest BCUT2D eigenvalue weighted by molar-refractivity contribution is 0.102. The molecule has 20 heavy (non-hydrogen) atoms. The number of amides is 1. The zero-order valence-electron chi connectivity index (χ0n) is 10.8. The predicted molar refractivity (Wildman–Crippen MR) is 72.3 cm³/mol. The Labute approximate surface area is 116 Å². The number of ether oxygens (including phenoxy) is 1. The van der Waals surface area contributed by atoms with Gasteiger partial charge in [-0.05, 0) is 31.2 Å². The van der Waals surface area contributed by atoms with Gasteiger partial charge in [-0.3, -0.25) is 4.79 Å². The van der Waals surface area contributed by atoms with E-state index in [1.54, 1.807) is 24.3 Å². The van der Waals surface area contributed by atoms with Crippen molar-refractivity contribution in [3.63, 3.8) is 0 Å². The number of nitriles is 1. The van der Waals surface area contributed by atoms with Gasteiger partial charge in [-0.2, -0.15) is 5.26 Å². The summed E-state index contributed by atoms with van der Waals surface area (Å²) >= 11 is 0. The first-order valence-corrected chi connectivity index (χ1v) is 5.99. The van der Waals surface area contributed by atoms with E-state index in [1.807, 2.05) is 13.0 Å². The maximum Gasteiger partial charge on any atom is 0.316 e. The van der Waals surface area contributed by atoms with Crippen LogP contribution >= 0.6 is 0 Å². The lowest BCUT2D eigenvalue weighted by Gasteiger charge is -2.05. The minimum atomic E-state index is -0.290. The first kappa shape index (κ1) is 13.5. The normalized spacial score (nSPS) is 9.60. The van der Waals surface area contributed by atoms with Crippen LogP contribution in [0.25, 0.3) is 0 Å². The molecule has 100 valence electrons. The summed E-state index contributed by atoms with van der Waals surface area (Å²) in [6.07, 6.45) is 2.94. The Kier molecular flexibility index (Phi) is 4.24. The summed E-state index contributed by atoms with van der Waals surface area (Å²) in [5.74, 6) is -0.290. The number of hydrogen-bond donors (Lipinski definition) is 1. The van der Waals surface area contributed by atoms with Crippen LogP contribution in [0.1, 0.15) is 22.8 Å². The van der Waals surface area contributed by atoms with Crippen molar-refractivity contribution < 1.29 is 9.53 Å². The molecule has 2 aromatic rings. The van der Waals surface area contributed by atoms with Crippen molar-refractivity contribution in [2.24, 2.45) is 0 Å². The fourth-order valence-electron chi connectivity index (χ4n) is 1.48. The van der Waals surface area contributed by atoms with E-state index in [0.29, 0.717) is 23.4 Å². The number of benzene rings is 1. The molecule has 1 heterocycles. The number of carbonyl (C=O) groups is 1. The second-order valence-electron chi connectivity index (χ2n) is 3.83. The van der Waals surface area contributed by atoms with Gasteiger partial charge < -0.3 is 10.1 Å². The van der Waals surface area contributed by atoms with Gasteiger partial charge in [-0.25, -0.2) is 9.97 Å². The molecule has 6 heteroatoms. The van der Waals surface area contributed by atoms with Gasteiger partial charge in [-0.15, -0.1) is 0 Å². The lowest BCUT2D eigenvalue weighted by atomic mass is 10.1. The Hall–Kier alpha value is -2.94. The Bertz CT molecular complexity index is 630. The molecule has 0 saturated heterocycles. The Morgan fingerprint density at radius 3 is 2.50 bits per heavy atom. The van der Waals surface area contributed by atoms with Crippen LogP contribution < -0.4 is 10.1 Å². The highest BCUT2D eigenvalue weighted by molar-refractivity contribution is 6.04. The summed E-state index contributed by atoms with van der Waals surface area (Å²) in [6.45, 7) is 2.32. The highest BCUT2D eigenvalue weighted by Crippen LogP contribution is 2.10. The third kappa shape index (κ3) is 3.29. The molecule has 0 fully saturated rings. The van der Waals surface area contributed by atoms with Crippen molar-refractivity contribution in [1.82, 2.24) is 9.97 Å². The molecule has 0 bridgehead atoms. The van der Waals surface area contributed by atoms with Crippen molar-refractivity contribution in [2.75, 3.05) is 11.9 Å². The van der Waals surface area contributed by atoms with Crippen molar-refractivity contribution in [1.29, 1.82) is 5.26 Å². The Balaban J connectivity index is 2.05. The van der Waals surface area contributed by atoms with E-state index >= 15 is 0 Å². The van der Waals surface area contributed by atoms with Crippen LogP contribution in [-0.2, 0) is 0 Å². The van der Waals surface area contributed by atoms with Crippen molar-refractivity contribution >= 4 is 11.6 Å². The minimum Gasteiger partial charge on any atom is -0.464 e. The minimum absolute atomic E-state index is 0.267. The number of nitrogens with one attached hydrogen (secondary N) is 1. The summed E-state index contributed by atoms with van der Waals surface area (Å²) in [4.78, 5) is 19.8. The summed E-state index contributed by atoms with van der Waals surface area (Å²) in [5, 5.41) is 11.4. The lowest BCUT2D eigenvalue weighted by Crippen LogP contribution is -2.12. The molecule has 0 spiro atoms. The van der Waals surface area contributed by atoms with Crippen LogP contribution in [0, 0.1) is 11.3 Å². The molecule has 0 aliphatic heterocycles. The second-order valence-corrected chi connectivity index (χ2v) is 3.83. The molecule has 1 amide bonds. The molecule has 0 radical (unpaired) electrons. The standard InChI is InChI=1S/C14H12N4O2/c1-2-20-14-16-8-12(9-17-14)18-13(19)11-5-3-10(7-15)4-6-11/h3-6,8-9H,2H2,1H3,(H,18,19). The van der Waals surface area contributed by atoms with Crippen LogP contribution in [0.15, 0.2) is 36.7 Å². The predicted octanol–water partition coefficient (Wildman–Crippen LogP) is 2.00. The van der Waals surface area contributed by atoms with Gasteiger partial charge >= 0.3 is 6.01 Å². The third-order valence-electron chi connectivity index (χ3n) is 2.44. The molecule has 0 saturated carbocycles. The summed E-state index contributed by atoms with van der Waals surface area (Å²) in [7, 11) is 0. The summed E-state index contributed by atoms with van der Waals surface area (Å²) in [5.41, 5.74) is 1.44. The van der Waals surface area contributed by atoms with E-state index in [1.165, 1.54) is 12.4 Å². The number of rotatable bonds is 4. The van der Waals surface area contributed by atoms with Gasteiger partial charge in [0.2, 0.25) is 0 Å². The SMILES string of the molecule is CCOc1ncc(NC(=O)c2ccc(C#N)cc2)cn1. The maximum atomic E-state index is 11.9. The molecule has 0 unspecified atom stereocenters. The van der Waals surface area contributed by atoms with E-state index in [0.717, 1.165) is 0 Å². The van der Waals surface area contributed by atoms with Crippen LogP contribution in [0.5, 0.6) is 6.01 Å². The van der Waals surface area contributed by atoms with E-state index < -0.39 is 0 Å². The first-order chi connectivity index (χ1) is 9.72. The molecule has 2 rings (SSSR count). The number of aromatic nitrogens is 2. The maximum absolute atomic E-state index is 11.9. The van der Waals surface area contributed by atoms with Crippen LogP contribution in [0.2, 0.25) is 0 Å². The summed E-state index contributed by atoms with van der Waals surface area (Å²) < 4.78 is 5.11. The van der Waals surface area contributed by atoms with Gasteiger partial charge in [0.05, 0.1) is 36.3 Å². The van der Waals surface area contributed by atoms with Crippen LogP contribution in [0.3, 0.4) is 0 Å². The largest absolute Gasteiger partial charge is 0.464 e. The molecule has 1 aromatic carbocycles. The molecule has 0 aliphatic carbocycles. The fraction of sp³-hybridized carbons (Fsp3) is 0.143. The summed E-state index contributed by atoms with van der Waals surface area (Å²) in [6, 6.07) is 8.61. The van der Waals surface area contributed by atoms with Crippen LogP contribution in [-0.4, -0.2) is 22.5 Å². The van der Waals surface area contributed by atoms with Gasteiger partial charge in [0, 0.05) is 5.56 Å². The highest BCUT2D eigenvalue weighted by atomic mass is 16.5. The van der Waals surface area contributed by atoms with Crippen molar-refractivity contribution in [3.8, 4) is 12.1 Å². The van der Waals surface area contributed by atoms with Crippen LogP contribution in [0.4, 0.5) is 5.69 Å². The number of hydrogen-bond acceptors (Lipinski definition) is 5. The molecule has 1 N–H and O–H groups in total. The molecule has 0 aliphatic rings. The monoisotopic (exact) mass is 268 g/mol. The second kappa shape index (κ2) is 6.29.